The molecule has 0 unspecified atom stereocenters. The molecular weight excluding hydrogens is 345 g/mol. The molecule has 4 bridgehead atoms. The first-order chi connectivity index (χ1) is 12.9. The SMILES string of the molecule is O=C(CC1(Cc2ccc(F)cc2)C2CC3CC1CC(C2)C3O)N1CC(O)C1. The number of amides is 1. The Balaban J connectivity index is 1.44. The average Bonchev–Trinajstić information content (AvgIpc) is 2.59. The van der Waals surface area contributed by atoms with E-state index < -0.39 is 0 Å². The maximum atomic E-state index is 13.4. The van der Waals surface area contributed by atoms with E-state index in [1.165, 1.54) is 12.1 Å². The van der Waals surface area contributed by atoms with Crippen molar-refractivity contribution < 1.29 is 19.4 Å². The highest BCUT2D eigenvalue weighted by Crippen LogP contribution is 2.64. The smallest absolute Gasteiger partial charge is 0.223 e. The first-order valence-electron chi connectivity index (χ1n) is 10.3. The van der Waals surface area contributed by atoms with Crippen LogP contribution in [0.3, 0.4) is 0 Å². The summed E-state index contributed by atoms with van der Waals surface area (Å²) in [6, 6.07) is 6.73. The largest absolute Gasteiger partial charge is 0.393 e. The van der Waals surface area contributed by atoms with Crippen LogP contribution < -0.4 is 0 Å². The molecule has 1 amide bonds. The number of carbonyl (C=O) groups excluding carboxylic acids is 1. The molecule has 146 valence electrons. The molecule has 1 aliphatic heterocycles. The average molecular weight is 373 g/mol. The van der Waals surface area contributed by atoms with Crippen LogP contribution in [-0.4, -0.2) is 46.3 Å². The Labute approximate surface area is 159 Å². The van der Waals surface area contributed by atoms with Gasteiger partial charge in [-0.15, -0.1) is 0 Å². The highest BCUT2D eigenvalue weighted by molar-refractivity contribution is 5.78. The summed E-state index contributed by atoms with van der Waals surface area (Å²) in [6.45, 7) is 0.898. The van der Waals surface area contributed by atoms with Crippen LogP contribution in [-0.2, 0) is 11.2 Å². The van der Waals surface area contributed by atoms with E-state index in [2.05, 4.69) is 0 Å². The lowest BCUT2D eigenvalue weighted by Crippen LogP contribution is -2.61. The van der Waals surface area contributed by atoms with E-state index in [4.69, 9.17) is 0 Å². The predicted molar refractivity (Wildman–Crippen MR) is 98.2 cm³/mol. The Morgan fingerprint density at radius 3 is 2.11 bits per heavy atom. The Morgan fingerprint density at radius 1 is 1.04 bits per heavy atom. The summed E-state index contributed by atoms with van der Waals surface area (Å²) >= 11 is 0. The van der Waals surface area contributed by atoms with Gasteiger partial charge in [-0.3, -0.25) is 4.79 Å². The number of likely N-dealkylation sites (tertiary alicyclic amines) is 1. The molecule has 5 fully saturated rings. The van der Waals surface area contributed by atoms with Crippen molar-refractivity contribution in [2.75, 3.05) is 13.1 Å². The van der Waals surface area contributed by atoms with Gasteiger partial charge in [0.1, 0.15) is 5.82 Å². The molecule has 0 spiro atoms. The highest BCUT2D eigenvalue weighted by atomic mass is 19.1. The summed E-state index contributed by atoms with van der Waals surface area (Å²) in [6.07, 6.45) is 4.80. The van der Waals surface area contributed by atoms with E-state index in [0.717, 1.165) is 37.7 Å². The van der Waals surface area contributed by atoms with Crippen molar-refractivity contribution >= 4 is 5.91 Å². The molecule has 0 aromatic heterocycles. The van der Waals surface area contributed by atoms with Crippen molar-refractivity contribution in [1.82, 2.24) is 4.90 Å². The van der Waals surface area contributed by atoms with Gasteiger partial charge in [0.05, 0.1) is 12.2 Å². The molecule has 5 heteroatoms. The summed E-state index contributed by atoms with van der Waals surface area (Å²) in [5, 5.41) is 20.1. The summed E-state index contributed by atoms with van der Waals surface area (Å²) in [4.78, 5) is 14.8. The molecule has 27 heavy (non-hydrogen) atoms. The first-order valence-corrected chi connectivity index (χ1v) is 10.3. The highest BCUT2D eigenvalue weighted by Gasteiger charge is 2.60. The lowest BCUT2D eigenvalue weighted by atomic mass is 9.42. The van der Waals surface area contributed by atoms with Crippen LogP contribution in [0, 0.1) is 34.9 Å². The standard InChI is InChI=1S/C22H28FNO3/c23-18-3-1-13(2-4-18)9-22(10-20(26)24-11-19(25)12-24)16-5-14-6-17(22)8-15(7-16)21(14)27/h1-4,14-17,19,21,25,27H,5-12H2. The lowest BCUT2D eigenvalue weighted by Gasteiger charge is -2.63. The Hall–Kier alpha value is -1.46. The van der Waals surface area contributed by atoms with E-state index >= 15 is 0 Å². The fourth-order valence-corrected chi connectivity index (χ4v) is 6.74. The molecule has 1 aromatic carbocycles. The van der Waals surface area contributed by atoms with E-state index in [1.807, 2.05) is 12.1 Å². The Bertz CT molecular complexity index is 698. The van der Waals surface area contributed by atoms with E-state index in [0.29, 0.717) is 43.2 Å². The van der Waals surface area contributed by atoms with Gasteiger partial charge in [0.25, 0.3) is 0 Å². The Kier molecular flexibility index (Phi) is 4.10. The number of aliphatic hydroxyl groups is 2. The van der Waals surface area contributed by atoms with E-state index in [1.54, 1.807) is 4.90 Å². The number of aliphatic hydroxyl groups excluding tert-OH is 2. The molecule has 2 N–H and O–H groups in total. The molecule has 0 atom stereocenters. The van der Waals surface area contributed by atoms with Crippen LogP contribution in [0.2, 0.25) is 0 Å². The number of rotatable bonds is 4. The second kappa shape index (κ2) is 6.28. The van der Waals surface area contributed by atoms with Gasteiger partial charge >= 0.3 is 0 Å². The third-order valence-electron chi connectivity index (χ3n) is 8.08. The van der Waals surface area contributed by atoms with E-state index in [9.17, 15) is 19.4 Å². The first kappa shape index (κ1) is 17.6. The molecule has 6 rings (SSSR count). The summed E-state index contributed by atoms with van der Waals surface area (Å²) < 4.78 is 13.4. The topological polar surface area (TPSA) is 60.8 Å². The summed E-state index contributed by atoms with van der Waals surface area (Å²) in [5.74, 6) is 1.58. The zero-order valence-electron chi connectivity index (χ0n) is 15.6. The second-order valence-corrected chi connectivity index (χ2v) is 9.51. The number of nitrogens with zero attached hydrogens (tertiary/aromatic N) is 1. The van der Waals surface area contributed by atoms with Gasteiger partial charge in [-0.25, -0.2) is 4.39 Å². The predicted octanol–water partition coefficient (Wildman–Crippen LogP) is 2.37. The zero-order valence-corrected chi connectivity index (χ0v) is 15.6. The van der Waals surface area contributed by atoms with Crippen LogP contribution in [0.25, 0.3) is 0 Å². The molecule has 5 aliphatic rings. The number of benzene rings is 1. The minimum atomic E-state index is -0.379. The van der Waals surface area contributed by atoms with Gasteiger partial charge in [0, 0.05) is 19.5 Å². The minimum absolute atomic E-state index is 0.0946. The zero-order chi connectivity index (χ0) is 18.8. The number of halogens is 1. The van der Waals surface area contributed by atoms with Crippen molar-refractivity contribution in [1.29, 1.82) is 0 Å². The van der Waals surface area contributed by atoms with Gasteiger partial charge in [-0.05, 0) is 78.9 Å². The molecule has 0 radical (unpaired) electrons. The summed E-state index contributed by atoms with van der Waals surface area (Å²) in [5.41, 5.74) is 1.00. The molecule has 4 saturated carbocycles. The van der Waals surface area contributed by atoms with Crippen molar-refractivity contribution in [3.8, 4) is 0 Å². The van der Waals surface area contributed by atoms with Gasteiger partial charge in [0.15, 0.2) is 0 Å². The molecule has 1 aromatic rings. The molecule has 4 aliphatic carbocycles. The van der Waals surface area contributed by atoms with Crippen molar-refractivity contribution in [2.24, 2.45) is 29.1 Å². The fraction of sp³-hybridized carbons (Fsp3) is 0.682. The lowest BCUT2D eigenvalue weighted by molar-refractivity contribution is -0.179. The molecule has 4 nitrogen and oxygen atoms in total. The van der Waals surface area contributed by atoms with Gasteiger partial charge in [-0.2, -0.15) is 0 Å². The minimum Gasteiger partial charge on any atom is -0.393 e. The number of carbonyl (C=O) groups is 1. The third kappa shape index (κ3) is 2.82. The van der Waals surface area contributed by atoms with Crippen molar-refractivity contribution in [2.45, 2.75) is 50.7 Å². The maximum Gasteiger partial charge on any atom is 0.223 e. The monoisotopic (exact) mass is 373 g/mol. The summed E-state index contributed by atoms with van der Waals surface area (Å²) in [7, 11) is 0. The normalized spacial score (nSPS) is 40.3. The van der Waals surface area contributed by atoms with Crippen LogP contribution in [0.5, 0.6) is 0 Å². The van der Waals surface area contributed by atoms with Crippen LogP contribution in [0.1, 0.15) is 37.7 Å². The molecular formula is C22H28FNO3. The van der Waals surface area contributed by atoms with Gasteiger partial charge < -0.3 is 15.1 Å². The van der Waals surface area contributed by atoms with Gasteiger partial charge in [0.2, 0.25) is 5.91 Å². The number of hydrogen-bond acceptors (Lipinski definition) is 3. The van der Waals surface area contributed by atoms with Crippen LogP contribution in [0.15, 0.2) is 24.3 Å². The quantitative estimate of drug-likeness (QED) is 0.852. The fourth-order valence-electron chi connectivity index (χ4n) is 6.74. The second-order valence-electron chi connectivity index (χ2n) is 9.51. The van der Waals surface area contributed by atoms with Crippen molar-refractivity contribution in [3.05, 3.63) is 35.6 Å². The maximum absolute atomic E-state index is 13.4. The van der Waals surface area contributed by atoms with Crippen molar-refractivity contribution in [3.63, 3.8) is 0 Å². The Morgan fingerprint density at radius 2 is 1.59 bits per heavy atom. The third-order valence-corrected chi connectivity index (χ3v) is 8.08. The number of β-amino-alcohol motifs (C(OH)–C–C–N with tert-alkyl or cyclic N) is 1. The van der Waals surface area contributed by atoms with Gasteiger partial charge in [-0.1, -0.05) is 12.1 Å². The van der Waals surface area contributed by atoms with E-state index in [-0.39, 0.29) is 29.3 Å². The molecule has 1 saturated heterocycles. The van der Waals surface area contributed by atoms with Crippen LogP contribution in [0.4, 0.5) is 4.39 Å². The van der Waals surface area contributed by atoms with Crippen LogP contribution >= 0.6 is 0 Å². The molecule has 1 heterocycles. The number of hydrogen-bond donors (Lipinski definition) is 2.